The Morgan fingerprint density at radius 1 is 1.41 bits per heavy atom. The van der Waals surface area contributed by atoms with E-state index in [9.17, 15) is 0 Å². The first kappa shape index (κ1) is 12.1. The number of benzene rings is 1. The molecule has 2 aromatic rings. The summed E-state index contributed by atoms with van der Waals surface area (Å²) in [5.74, 6) is 0.858. The van der Waals surface area contributed by atoms with Crippen LogP contribution in [0.4, 0.5) is 0 Å². The van der Waals surface area contributed by atoms with Crippen molar-refractivity contribution >= 4 is 11.3 Å². The first-order valence-electron chi connectivity index (χ1n) is 5.67. The Kier molecular flexibility index (Phi) is 4.12. The molecule has 90 valence electrons. The van der Waals surface area contributed by atoms with Crippen molar-refractivity contribution in [2.75, 3.05) is 0 Å². The summed E-state index contributed by atoms with van der Waals surface area (Å²) >= 11 is 1.59. The zero-order valence-electron chi connectivity index (χ0n) is 9.80. The number of para-hydroxylation sites is 1. The molecule has 4 heteroatoms. The second kappa shape index (κ2) is 5.80. The van der Waals surface area contributed by atoms with Crippen molar-refractivity contribution in [3.05, 3.63) is 46.4 Å². The van der Waals surface area contributed by atoms with Gasteiger partial charge in [-0.2, -0.15) is 0 Å². The lowest BCUT2D eigenvalue weighted by molar-refractivity contribution is 0.300. The van der Waals surface area contributed by atoms with Gasteiger partial charge in [0, 0.05) is 23.2 Å². The van der Waals surface area contributed by atoms with E-state index in [1.54, 1.807) is 17.5 Å². The van der Waals surface area contributed by atoms with Crippen LogP contribution in [-0.2, 0) is 6.61 Å². The minimum Gasteiger partial charge on any atom is -0.486 e. The van der Waals surface area contributed by atoms with Crippen molar-refractivity contribution < 1.29 is 4.74 Å². The van der Waals surface area contributed by atoms with Crippen LogP contribution in [-0.4, -0.2) is 4.98 Å². The van der Waals surface area contributed by atoms with Gasteiger partial charge in [0.2, 0.25) is 0 Å². The van der Waals surface area contributed by atoms with E-state index in [0.717, 1.165) is 22.7 Å². The van der Waals surface area contributed by atoms with Crippen LogP contribution in [0.2, 0.25) is 0 Å². The van der Waals surface area contributed by atoms with Gasteiger partial charge in [-0.05, 0) is 12.5 Å². The van der Waals surface area contributed by atoms with E-state index in [0.29, 0.717) is 6.61 Å². The Bertz CT molecular complexity index is 456. The van der Waals surface area contributed by atoms with Crippen molar-refractivity contribution in [1.29, 1.82) is 0 Å². The fraction of sp³-hybridized carbons (Fsp3) is 0.308. The predicted octanol–water partition coefficient (Wildman–Crippen LogP) is 3.13. The van der Waals surface area contributed by atoms with E-state index < -0.39 is 0 Å². The quantitative estimate of drug-likeness (QED) is 0.884. The van der Waals surface area contributed by atoms with Crippen LogP contribution < -0.4 is 10.5 Å². The van der Waals surface area contributed by atoms with Crippen molar-refractivity contribution in [2.24, 2.45) is 5.73 Å². The van der Waals surface area contributed by atoms with Crippen molar-refractivity contribution in [3.8, 4) is 5.75 Å². The van der Waals surface area contributed by atoms with Gasteiger partial charge >= 0.3 is 0 Å². The summed E-state index contributed by atoms with van der Waals surface area (Å²) in [6.45, 7) is 2.58. The maximum Gasteiger partial charge on any atom is 0.140 e. The molecule has 1 heterocycles. The molecule has 1 aromatic heterocycles. The monoisotopic (exact) mass is 248 g/mol. The molecule has 17 heavy (non-hydrogen) atoms. The summed E-state index contributed by atoms with van der Waals surface area (Å²) in [6, 6.07) is 7.95. The van der Waals surface area contributed by atoms with Crippen LogP contribution in [0.5, 0.6) is 5.75 Å². The zero-order chi connectivity index (χ0) is 12.1. The van der Waals surface area contributed by atoms with Gasteiger partial charge < -0.3 is 10.5 Å². The molecule has 1 aromatic carbocycles. The normalized spacial score (nSPS) is 12.4. The summed E-state index contributed by atoms with van der Waals surface area (Å²) in [5.41, 5.74) is 7.11. The van der Waals surface area contributed by atoms with Crippen LogP contribution >= 0.6 is 11.3 Å². The number of hydrogen-bond donors (Lipinski definition) is 1. The van der Waals surface area contributed by atoms with Crippen molar-refractivity contribution in [1.82, 2.24) is 4.98 Å². The fourth-order valence-electron chi connectivity index (χ4n) is 1.60. The molecule has 3 nitrogen and oxygen atoms in total. The first-order chi connectivity index (χ1) is 8.31. The van der Waals surface area contributed by atoms with E-state index in [4.69, 9.17) is 10.5 Å². The average molecular weight is 248 g/mol. The van der Waals surface area contributed by atoms with E-state index in [2.05, 4.69) is 11.9 Å². The molecular formula is C13H16N2OS. The van der Waals surface area contributed by atoms with Crippen molar-refractivity contribution in [3.63, 3.8) is 0 Å². The van der Waals surface area contributed by atoms with Gasteiger partial charge in [0.25, 0.3) is 0 Å². The standard InChI is InChI=1S/C13H16N2OS/c1-2-11(14)10-5-3-4-6-12(10)16-9-13-15-7-8-17-13/h3-8,11H,2,9,14H2,1H3. The van der Waals surface area contributed by atoms with Gasteiger partial charge in [0.05, 0.1) is 0 Å². The summed E-state index contributed by atoms with van der Waals surface area (Å²) in [4.78, 5) is 4.19. The number of ether oxygens (including phenoxy) is 1. The van der Waals surface area contributed by atoms with Gasteiger partial charge in [-0.3, -0.25) is 0 Å². The highest BCUT2D eigenvalue weighted by atomic mass is 32.1. The molecule has 1 atom stereocenters. The third kappa shape index (κ3) is 3.05. The highest BCUT2D eigenvalue weighted by molar-refractivity contribution is 7.09. The predicted molar refractivity (Wildman–Crippen MR) is 70.1 cm³/mol. The van der Waals surface area contributed by atoms with Crippen LogP contribution in [0.3, 0.4) is 0 Å². The molecule has 0 spiro atoms. The lowest BCUT2D eigenvalue weighted by Gasteiger charge is -2.14. The van der Waals surface area contributed by atoms with E-state index in [1.807, 2.05) is 29.6 Å². The minimum absolute atomic E-state index is 0.0301. The second-order valence-electron chi connectivity index (χ2n) is 3.77. The Labute approximate surface area is 105 Å². The van der Waals surface area contributed by atoms with E-state index in [-0.39, 0.29) is 6.04 Å². The lowest BCUT2D eigenvalue weighted by Crippen LogP contribution is -2.10. The molecular weight excluding hydrogens is 232 g/mol. The molecule has 0 aliphatic heterocycles. The van der Waals surface area contributed by atoms with E-state index >= 15 is 0 Å². The third-order valence-corrected chi connectivity index (χ3v) is 3.35. The van der Waals surface area contributed by atoms with Crippen LogP contribution in [0.25, 0.3) is 0 Å². The molecule has 0 fully saturated rings. The Morgan fingerprint density at radius 2 is 2.24 bits per heavy atom. The molecule has 0 amide bonds. The maximum absolute atomic E-state index is 6.05. The highest BCUT2D eigenvalue weighted by Gasteiger charge is 2.10. The smallest absolute Gasteiger partial charge is 0.140 e. The molecule has 2 N–H and O–H groups in total. The third-order valence-electron chi connectivity index (χ3n) is 2.59. The zero-order valence-corrected chi connectivity index (χ0v) is 10.6. The molecule has 0 radical (unpaired) electrons. The maximum atomic E-state index is 6.05. The molecule has 0 saturated heterocycles. The summed E-state index contributed by atoms with van der Waals surface area (Å²) in [7, 11) is 0. The summed E-state index contributed by atoms with van der Waals surface area (Å²) in [6.07, 6.45) is 2.69. The average Bonchev–Trinajstić information content (AvgIpc) is 2.89. The molecule has 0 saturated carbocycles. The fourth-order valence-corrected chi connectivity index (χ4v) is 2.13. The van der Waals surface area contributed by atoms with Crippen molar-refractivity contribution in [2.45, 2.75) is 26.0 Å². The van der Waals surface area contributed by atoms with Gasteiger partial charge in [-0.15, -0.1) is 11.3 Å². The molecule has 0 bridgehead atoms. The summed E-state index contributed by atoms with van der Waals surface area (Å²) < 4.78 is 5.77. The first-order valence-corrected chi connectivity index (χ1v) is 6.55. The highest BCUT2D eigenvalue weighted by Crippen LogP contribution is 2.26. The van der Waals surface area contributed by atoms with Crippen LogP contribution in [0.15, 0.2) is 35.8 Å². The van der Waals surface area contributed by atoms with Crippen LogP contribution in [0.1, 0.15) is 30.0 Å². The van der Waals surface area contributed by atoms with E-state index in [1.165, 1.54) is 0 Å². The minimum atomic E-state index is 0.0301. The SMILES string of the molecule is CCC(N)c1ccccc1OCc1nccs1. The number of rotatable bonds is 5. The largest absolute Gasteiger partial charge is 0.486 e. The Hall–Kier alpha value is -1.39. The second-order valence-corrected chi connectivity index (χ2v) is 4.75. The Morgan fingerprint density at radius 3 is 2.94 bits per heavy atom. The molecule has 0 aliphatic carbocycles. The number of thiazole rings is 1. The Balaban J connectivity index is 2.09. The van der Waals surface area contributed by atoms with Gasteiger partial charge in [-0.1, -0.05) is 25.1 Å². The van der Waals surface area contributed by atoms with Crippen LogP contribution in [0, 0.1) is 0 Å². The molecule has 0 aliphatic rings. The molecule has 2 rings (SSSR count). The van der Waals surface area contributed by atoms with Gasteiger partial charge in [-0.25, -0.2) is 4.98 Å². The van der Waals surface area contributed by atoms with Gasteiger partial charge in [0.1, 0.15) is 17.4 Å². The number of nitrogens with two attached hydrogens (primary N) is 1. The molecule has 1 unspecified atom stereocenters. The number of hydrogen-bond acceptors (Lipinski definition) is 4. The topological polar surface area (TPSA) is 48.1 Å². The number of aromatic nitrogens is 1. The van der Waals surface area contributed by atoms with Gasteiger partial charge in [0.15, 0.2) is 0 Å². The lowest BCUT2D eigenvalue weighted by atomic mass is 10.0. The summed E-state index contributed by atoms with van der Waals surface area (Å²) in [5, 5.41) is 2.92. The number of nitrogens with zero attached hydrogens (tertiary/aromatic N) is 1.